The zero-order valence-electron chi connectivity index (χ0n) is 16.8. The summed E-state index contributed by atoms with van der Waals surface area (Å²) in [5, 5.41) is 10.1. The minimum Gasteiger partial charge on any atom is -0.481 e. The topological polar surface area (TPSA) is 148 Å². The number of nitrogens with zero attached hydrogens (tertiary/aromatic N) is 2. The van der Waals surface area contributed by atoms with Gasteiger partial charge in [-0.25, -0.2) is 4.79 Å². The molecule has 0 saturated carbocycles. The van der Waals surface area contributed by atoms with E-state index in [1.54, 1.807) is 30.3 Å². The summed E-state index contributed by atoms with van der Waals surface area (Å²) in [4.78, 5) is 76.6. The lowest BCUT2D eigenvalue weighted by atomic mass is 9.91. The molecule has 168 valence electrons. The van der Waals surface area contributed by atoms with E-state index in [1.165, 1.54) is 0 Å². The highest BCUT2D eigenvalue weighted by molar-refractivity contribution is 6.12. The third kappa shape index (κ3) is 5.17. The van der Waals surface area contributed by atoms with Crippen LogP contribution >= 0.6 is 0 Å². The standard InChI is InChI=1S/C21H20N2O9/c24-15-8-9-16(25)22(15)12-4-7-14(20(28)29)19(13-5-2-1-3-6-13)31-21(30)32-23-17(26)10-11-18(23)27/h1-3,5-6,8-9,14,19H,4,7,10-12H2,(H,28,29). The molecule has 2 unspecified atom stereocenters. The van der Waals surface area contributed by atoms with Crippen LogP contribution in [0.4, 0.5) is 4.79 Å². The maximum atomic E-state index is 12.3. The summed E-state index contributed by atoms with van der Waals surface area (Å²) in [6.45, 7) is -0.00279. The smallest absolute Gasteiger partial charge is 0.481 e. The Morgan fingerprint density at radius 1 is 0.969 bits per heavy atom. The maximum Gasteiger partial charge on any atom is 0.534 e. The van der Waals surface area contributed by atoms with Crippen molar-refractivity contribution in [1.82, 2.24) is 9.96 Å². The number of carboxylic acids is 1. The monoisotopic (exact) mass is 444 g/mol. The van der Waals surface area contributed by atoms with E-state index in [1.807, 2.05) is 0 Å². The predicted molar refractivity (Wildman–Crippen MR) is 104 cm³/mol. The zero-order chi connectivity index (χ0) is 23.3. The van der Waals surface area contributed by atoms with Crippen molar-refractivity contribution in [2.45, 2.75) is 31.8 Å². The first-order valence-corrected chi connectivity index (χ1v) is 9.83. The molecule has 2 heterocycles. The van der Waals surface area contributed by atoms with E-state index in [9.17, 15) is 33.9 Å². The minimum atomic E-state index is -1.40. The van der Waals surface area contributed by atoms with Gasteiger partial charge in [-0.1, -0.05) is 35.4 Å². The number of carboxylic acid groups (broad SMARTS) is 1. The molecule has 1 saturated heterocycles. The molecule has 32 heavy (non-hydrogen) atoms. The molecule has 0 aliphatic carbocycles. The second-order valence-corrected chi connectivity index (χ2v) is 7.12. The predicted octanol–water partition coefficient (Wildman–Crippen LogP) is 1.35. The number of amides is 4. The van der Waals surface area contributed by atoms with Gasteiger partial charge in [0.25, 0.3) is 23.6 Å². The molecule has 1 aromatic carbocycles. The average molecular weight is 444 g/mol. The Bertz CT molecular complexity index is 939. The normalized spacial score (nSPS) is 17.6. The average Bonchev–Trinajstić information content (AvgIpc) is 3.25. The van der Waals surface area contributed by atoms with E-state index in [0.29, 0.717) is 10.6 Å². The minimum absolute atomic E-state index is 0.00279. The van der Waals surface area contributed by atoms with Gasteiger partial charge in [0.2, 0.25) is 0 Å². The molecule has 0 radical (unpaired) electrons. The highest BCUT2D eigenvalue weighted by atomic mass is 16.8. The van der Waals surface area contributed by atoms with Crippen LogP contribution < -0.4 is 0 Å². The number of carbonyl (C=O) groups is 6. The van der Waals surface area contributed by atoms with Crippen molar-refractivity contribution in [3.05, 3.63) is 48.0 Å². The summed E-state index contributed by atoms with van der Waals surface area (Å²) in [6, 6.07) is 8.04. The number of hydroxylamine groups is 2. The molecule has 3 rings (SSSR count). The van der Waals surface area contributed by atoms with Gasteiger partial charge >= 0.3 is 12.1 Å². The van der Waals surface area contributed by atoms with Crippen molar-refractivity contribution < 1.29 is 43.4 Å². The largest absolute Gasteiger partial charge is 0.534 e. The van der Waals surface area contributed by atoms with Crippen LogP contribution in [0.2, 0.25) is 0 Å². The molecule has 0 bridgehead atoms. The lowest BCUT2D eigenvalue weighted by Gasteiger charge is -2.25. The Morgan fingerprint density at radius 3 is 2.12 bits per heavy atom. The molecular formula is C21H20N2O9. The van der Waals surface area contributed by atoms with Crippen molar-refractivity contribution in [1.29, 1.82) is 0 Å². The molecule has 0 aromatic heterocycles. The van der Waals surface area contributed by atoms with Crippen molar-refractivity contribution in [3.8, 4) is 0 Å². The molecule has 1 aromatic rings. The van der Waals surface area contributed by atoms with Gasteiger partial charge in [-0.15, -0.1) is 0 Å². The van der Waals surface area contributed by atoms with Gasteiger partial charge in [0, 0.05) is 31.5 Å². The van der Waals surface area contributed by atoms with Crippen LogP contribution in [-0.2, 0) is 33.5 Å². The number of rotatable bonds is 9. The fraction of sp³-hybridized carbons (Fsp3) is 0.333. The summed E-state index contributed by atoms with van der Waals surface area (Å²) >= 11 is 0. The van der Waals surface area contributed by atoms with E-state index in [4.69, 9.17) is 9.57 Å². The summed E-state index contributed by atoms with van der Waals surface area (Å²) in [7, 11) is 0. The third-order valence-corrected chi connectivity index (χ3v) is 5.00. The molecular weight excluding hydrogens is 424 g/mol. The second kappa shape index (κ2) is 9.86. The number of aliphatic carboxylic acids is 1. The van der Waals surface area contributed by atoms with Gasteiger partial charge in [0.1, 0.15) is 6.10 Å². The Morgan fingerprint density at radius 2 is 1.56 bits per heavy atom. The lowest BCUT2D eigenvalue weighted by Crippen LogP contribution is -2.35. The Balaban J connectivity index is 1.71. The summed E-state index contributed by atoms with van der Waals surface area (Å²) in [6.07, 6.45) is -0.557. The van der Waals surface area contributed by atoms with E-state index in [2.05, 4.69) is 0 Å². The van der Waals surface area contributed by atoms with Crippen LogP contribution in [-0.4, -0.2) is 57.4 Å². The van der Waals surface area contributed by atoms with Gasteiger partial charge in [0.05, 0.1) is 5.92 Å². The fourth-order valence-corrected chi connectivity index (χ4v) is 3.41. The van der Waals surface area contributed by atoms with Crippen LogP contribution in [0.15, 0.2) is 42.5 Å². The van der Waals surface area contributed by atoms with Crippen LogP contribution in [0.1, 0.15) is 37.4 Å². The van der Waals surface area contributed by atoms with Gasteiger partial charge in [-0.2, -0.15) is 0 Å². The van der Waals surface area contributed by atoms with E-state index in [0.717, 1.165) is 17.1 Å². The van der Waals surface area contributed by atoms with Gasteiger partial charge in [0.15, 0.2) is 0 Å². The van der Waals surface area contributed by atoms with E-state index in [-0.39, 0.29) is 32.2 Å². The molecule has 2 aliphatic rings. The van der Waals surface area contributed by atoms with Gasteiger partial charge in [-0.3, -0.25) is 33.7 Å². The number of carbonyl (C=O) groups excluding carboxylic acids is 5. The Kier molecular flexibility index (Phi) is 6.98. The SMILES string of the molecule is O=C(OC(c1ccccc1)C(CCCN1C(=O)C=CC1=O)C(=O)O)ON1C(=O)CCC1=O. The highest BCUT2D eigenvalue weighted by Crippen LogP contribution is 2.31. The second-order valence-electron chi connectivity index (χ2n) is 7.12. The van der Waals surface area contributed by atoms with E-state index >= 15 is 0 Å². The van der Waals surface area contributed by atoms with Crippen molar-refractivity contribution in [3.63, 3.8) is 0 Å². The fourth-order valence-electron chi connectivity index (χ4n) is 3.41. The van der Waals surface area contributed by atoms with Crippen LogP contribution in [0.3, 0.4) is 0 Å². The van der Waals surface area contributed by atoms with Crippen molar-refractivity contribution in [2.75, 3.05) is 6.54 Å². The summed E-state index contributed by atoms with van der Waals surface area (Å²) in [5.41, 5.74) is 0.353. The molecule has 4 amide bonds. The highest BCUT2D eigenvalue weighted by Gasteiger charge is 2.37. The Labute approximate surface area is 182 Å². The molecule has 0 spiro atoms. The summed E-state index contributed by atoms with van der Waals surface area (Å²) < 4.78 is 5.24. The first-order chi connectivity index (χ1) is 15.3. The third-order valence-electron chi connectivity index (χ3n) is 5.00. The zero-order valence-corrected chi connectivity index (χ0v) is 16.8. The van der Waals surface area contributed by atoms with Gasteiger partial charge in [-0.05, 0) is 18.4 Å². The Hall–Kier alpha value is -4.02. The molecule has 11 nitrogen and oxygen atoms in total. The van der Waals surface area contributed by atoms with Crippen LogP contribution in [0.5, 0.6) is 0 Å². The molecule has 2 aliphatic heterocycles. The maximum absolute atomic E-state index is 12.3. The first-order valence-electron chi connectivity index (χ1n) is 9.83. The molecule has 11 heteroatoms. The van der Waals surface area contributed by atoms with Crippen molar-refractivity contribution >= 4 is 35.8 Å². The number of hydrogen-bond donors (Lipinski definition) is 1. The number of ether oxygens (including phenoxy) is 1. The van der Waals surface area contributed by atoms with Gasteiger partial charge < -0.3 is 9.84 Å². The molecule has 2 atom stereocenters. The number of imide groups is 2. The first kappa shape index (κ1) is 22.7. The van der Waals surface area contributed by atoms with Crippen LogP contribution in [0.25, 0.3) is 0 Å². The van der Waals surface area contributed by atoms with Crippen molar-refractivity contribution in [2.24, 2.45) is 5.92 Å². The number of benzene rings is 1. The number of hydrogen-bond acceptors (Lipinski definition) is 8. The molecule has 1 fully saturated rings. The van der Waals surface area contributed by atoms with E-state index < -0.39 is 47.8 Å². The molecule has 1 N–H and O–H groups in total. The summed E-state index contributed by atoms with van der Waals surface area (Å²) in [5.74, 6) is -4.91. The van der Waals surface area contributed by atoms with Crippen LogP contribution in [0, 0.1) is 5.92 Å². The quantitative estimate of drug-likeness (QED) is 0.440. The lowest BCUT2D eigenvalue weighted by molar-refractivity contribution is -0.180.